The Kier molecular flexibility index (Phi) is 3.50. The quantitative estimate of drug-likeness (QED) is 0.773. The van der Waals surface area contributed by atoms with E-state index in [9.17, 15) is 4.79 Å². The molecule has 0 saturated heterocycles. The Bertz CT molecular complexity index is 796. The highest BCUT2D eigenvalue weighted by molar-refractivity contribution is 6.30. The first-order chi connectivity index (χ1) is 10.1. The zero-order valence-electron chi connectivity index (χ0n) is 10.8. The SMILES string of the molecule is O=C(O)c1cc2cc(OCc3ccc(Cl)cn3)ccc2[nH]1. The lowest BCUT2D eigenvalue weighted by Crippen LogP contribution is -1.97. The van der Waals surface area contributed by atoms with Crippen molar-refractivity contribution in [2.45, 2.75) is 6.61 Å². The third kappa shape index (κ3) is 2.98. The third-order valence-corrected chi connectivity index (χ3v) is 3.22. The van der Waals surface area contributed by atoms with Crippen molar-refractivity contribution in [3.63, 3.8) is 0 Å². The van der Waals surface area contributed by atoms with E-state index < -0.39 is 5.97 Å². The molecule has 21 heavy (non-hydrogen) atoms. The highest BCUT2D eigenvalue weighted by atomic mass is 35.5. The molecule has 2 heterocycles. The number of pyridine rings is 1. The maximum atomic E-state index is 10.9. The van der Waals surface area contributed by atoms with E-state index in [0.717, 1.165) is 16.6 Å². The number of halogens is 1. The predicted molar refractivity (Wildman–Crippen MR) is 78.8 cm³/mol. The van der Waals surface area contributed by atoms with Gasteiger partial charge in [-0.2, -0.15) is 0 Å². The molecular formula is C15H11ClN2O3. The number of nitrogens with zero attached hydrogens (tertiary/aromatic N) is 1. The van der Waals surface area contributed by atoms with Gasteiger partial charge in [-0.25, -0.2) is 4.79 Å². The molecule has 0 atom stereocenters. The summed E-state index contributed by atoms with van der Waals surface area (Å²) in [6.45, 7) is 0.318. The van der Waals surface area contributed by atoms with Crippen molar-refractivity contribution in [1.82, 2.24) is 9.97 Å². The highest BCUT2D eigenvalue weighted by Crippen LogP contribution is 2.22. The monoisotopic (exact) mass is 302 g/mol. The number of carboxylic acids is 1. The van der Waals surface area contributed by atoms with E-state index in [2.05, 4.69) is 9.97 Å². The predicted octanol–water partition coefficient (Wildman–Crippen LogP) is 3.49. The Morgan fingerprint density at radius 1 is 1.29 bits per heavy atom. The second kappa shape index (κ2) is 5.46. The summed E-state index contributed by atoms with van der Waals surface area (Å²) in [5.41, 5.74) is 1.67. The Hall–Kier alpha value is -2.53. The van der Waals surface area contributed by atoms with Crippen molar-refractivity contribution in [2.75, 3.05) is 0 Å². The van der Waals surface area contributed by atoms with E-state index in [1.807, 2.05) is 0 Å². The molecule has 0 spiro atoms. The van der Waals surface area contributed by atoms with Gasteiger partial charge in [0.15, 0.2) is 0 Å². The van der Waals surface area contributed by atoms with Crippen LogP contribution in [0.2, 0.25) is 5.02 Å². The molecule has 0 fully saturated rings. The highest BCUT2D eigenvalue weighted by Gasteiger charge is 2.08. The van der Waals surface area contributed by atoms with Crippen LogP contribution in [0.15, 0.2) is 42.6 Å². The van der Waals surface area contributed by atoms with Gasteiger partial charge in [-0.05, 0) is 36.4 Å². The second-order valence-electron chi connectivity index (χ2n) is 4.49. The average Bonchev–Trinajstić information content (AvgIpc) is 2.90. The van der Waals surface area contributed by atoms with Gasteiger partial charge in [-0.15, -0.1) is 0 Å². The van der Waals surface area contributed by atoms with Crippen molar-refractivity contribution < 1.29 is 14.6 Å². The van der Waals surface area contributed by atoms with Crippen molar-refractivity contribution in [1.29, 1.82) is 0 Å². The van der Waals surface area contributed by atoms with Crippen molar-refractivity contribution in [3.05, 3.63) is 59.0 Å². The van der Waals surface area contributed by atoms with Gasteiger partial charge in [-0.3, -0.25) is 4.98 Å². The minimum atomic E-state index is -0.987. The molecule has 0 saturated carbocycles. The summed E-state index contributed by atoms with van der Waals surface area (Å²) in [6.07, 6.45) is 1.56. The molecule has 5 nitrogen and oxygen atoms in total. The van der Waals surface area contributed by atoms with Crippen LogP contribution in [0.3, 0.4) is 0 Å². The van der Waals surface area contributed by atoms with E-state index in [-0.39, 0.29) is 5.69 Å². The number of H-pyrrole nitrogens is 1. The van der Waals surface area contributed by atoms with Crippen LogP contribution in [0.5, 0.6) is 5.75 Å². The van der Waals surface area contributed by atoms with Crippen LogP contribution in [0.25, 0.3) is 10.9 Å². The lowest BCUT2D eigenvalue weighted by atomic mass is 10.2. The van der Waals surface area contributed by atoms with Crippen molar-refractivity contribution in [2.24, 2.45) is 0 Å². The number of ether oxygens (including phenoxy) is 1. The molecule has 0 unspecified atom stereocenters. The molecule has 106 valence electrons. The van der Waals surface area contributed by atoms with Crippen LogP contribution < -0.4 is 4.74 Å². The van der Waals surface area contributed by atoms with E-state index in [1.54, 1.807) is 42.6 Å². The van der Waals surface area contributed by atoms with Gasteiger partial charge in [0, 0.05) is 17.1 Å². The molecule has 2 aromatic heterocycles. The molecule has 0 bridgehead atoms. The van der Waals surface area contributed by atoms with Gasteiger partial charge in [-0.1, -0.05) is 11.6 Å². The van der Waals surface area contributed by atoms with E-state index in [1.165, 1.54) is 0 Å². The van der Waals surface area contributed by atoms with Crippen LogP contribution in [-0.2, 0) is 6.61 Å². The summed E-state index contributed by atoms with van der Waals surface area (Å²) in [6, 6.07) is 10.5. The summed E-state index contributed by atoms with van der Waals surface area (Å²) in [5, 5.41) is 10.3. The van der Waals surface area contributed by atoms with Gasteiger partial charge in [0.05, 0.1) is 10.7 Å². The number of hydrogen-bond donors (Lipinski definition) is 2. The number of rotatable bonds is 4. The van der Waals surface area contributed by atoms with Gasteiger partial charge < -0.3 is 14.8 Å². The first-order valence-electron chi connectivity index (χ1n) is 6.21. The van der Waals surface area contributed by atoms with E-state index in [4.69, 9.17) is 21.4 Å². The summed E-state index contributed by atoms with van der Waals surface area (Å²) >= 11 is 5.77. The molecule has 0 aliphatic carbocycles. The molecular weight excluding hydrogens is 292 g/mol. The fourth-order valence-electron chi connectivity index (χ4n) is 1.96. The Balaban J connectivity index is 1.77. The second-order valence-corrected chi connectivity index (χ2v) is 4.93. The summed E-state index contributed by atoms with van der Waals surface area (Å²) in [7, 11) is 0. The van der Waals surface area contributed by atoms with Gasteiger partial charge >= 0.3 is 5.97 Å². The number of aromatic amines is 1. The molecule has 6 heteroatoms. The fraction of sp³-hybridized carbons (Fsp3) is 0.0667. The van der Waals surface area contributed by atoms with Crippen molar-refractivity contribution in [3.8, 4) is 5.75 Å². The number of carbonyl (C=O) groups is 1. The average molecular weight is 303 g/mol. The number of aromatic nitrogens is 2. The van der Waals surface area contributed by atoms with Crippen LogP contribution in [-0.4, -0.2) is 21.0 Å². The number of benzene rings is 1. The lowest BCUT2D eigenvalue weighted by molar-refractivity contribution is 0.0691. The molecule has 2 N–H and O–H groups in total. The molecule has 3 rings (SSSR count). The number of carboxylic acid groups (broad SMARTS) is 1. The number of nitrogens with one attached hydrogen (secondary N) is 1. The summed E-state index contributed by atoms with van der Waals surface area (Å²) in [5.74, 6) is -0.339. The summed E-state index contributed by atoms with van der Waals surface area (Å²) < 4.78 is 5.64. The number of hydrogen-bond acceptors (Lipinski definition) is 3. The molecule has 1 aromatic carbocycles. The van der Waals surface area contributed by atoms with Crippen LogP contribution in [0.1, 0.15) is 16.2 Å². The van der Waals surface area contributed by atoms with Crippen LogP contribution >= 0.6 is 11.6 Å². The van der Waals surface area contributed by atoms with Gasteiger partial charge in [0.1, 0.15) is 18.1 Å². The topological polar surface area (TPSA) is 75.2 Å². The fourth-order valence-corrected chi connectivity index (χ4v) is 2.08. The smallest absolute Gasteiger partial charge is 0.352 e. The maximum absolute atomic E-state index is 10.9. The van der Waals surface area contributed by atoms with Crippen LogP contribution in [0, 0.1) is 0 Å². The first kappa shape index (κ1) is 13.5. The molecule has 0 aliphatic rings. The molecule has 0 aliphatic heterocycles. The maximum Gasteiger partial charge on any atom is 0.352 e. The largest absolute Gasteiger partial charge is 0.487 e. The van der Waals surface area contributed by atoms with E-state index >= 15 is 0 Å². The summed E-state index contributed by atoms with van der Waals surface area (Å²) in [4.78, 5) is 17.9. The Morgan fingerprint density at radius 2 is 2.14 bits per heavy atom. The van der Waals surface area contributed by atoms with Crippen molar-refractivity contribution >= 4 is 28.5 Å². The lowest BCUT2D eigenvalue weighted by Gasteiger charge is -2.05. The minimum absolute atomic E-state index is 0.154. The zero-order valence-corrected chi connectivity index (χ0v) is 11.6. The van der Waals surface area contributed by atoms with Crippen LogP contribution in [0.4, 0.5) is 0 Å². The van der Waals surface area contributed by atoms with Gasteiger partial charge in [0.2, 0.25) is 0 Å². The Morgan fingerprint density at radius 3 is 2.86 bits per heavy atom. The molecule has 0 radical (unpaired) electrons. The minimum Gasteiger partial charge on any atom is -0.487 e. The third-order valence-electron chi connectivity index (χ3n) is 3.00. The molecule has 0 amide bonds. The number of fused-ring (bicyclic) bond motifs is 1. The van der Waals surface area contributed by atoms with E-state index in [0.29, 0.717) is 17.4 Å². The molecule has 3 aromatic rings. The number of aromatic carboxylic acids is 1. The Labute approximate surface area is 125 Å². The zero-order chi connectivity index (χ0) is 14.8. The first-order valence-corrected chi connectivity index (χ1v) is 6.59. The van der Waals surface area contributed by atoms with Gasteiger partial charge in [0.25, 0.3) is 0 Å². The normalized spacial score (nSPS) is 10.7. The standard InChI is InChI=1S/C15H11ClN2O3/c16-10-1-2-11(17-7-10)8-21-12-3-4-13-9(5-12)6-14(18-13)15(19)20/h1-7,18H,8H2,(H,19,20).